The second kappa shape index (κ2) is 11.0. The van der Waals surface area contributed by atoms with E-state index in [0.717, 1.165) is 25.6 Å². The molecule has 0 aliphatic rings. The van der Waals surface area contributed by atoms with Gasteiger partial charge in [-0.25, -0.2) is 0 Å². The average Bonchev–Trinajstić information content (AvgIpc) is 2.32. The number of nitrogens with one attached hydrogen (secondary N) is 1. The summed E-state index contributed by atoms with van der Waals surface area (Å²) in [5.41, 5.74) is 0. The molecule has 17 heavy (non-hydrogen) atoms. The van der Waals surface area contributed by atoms with Crippen LogP contribution in [0.25, 0.3) is 0 Å². The van der Waals surface area contributed by atoms with E-state index in [1.165, 1.54) is 25.7 Å². The lowest BCUT2D eigenvalue weighted by Gasteiger charge is -2.24. The number of likely N-dealkylation sites (N-methyl/N-ethyl adjacent to an activating group) is 1. The van der Waals surface area contributed by atoms with Crippen molar-refractivity contribution in [2.45, 2.75) is 66.4 Å². The fourth-order valence-corrected chi connectivity index (χ4v) is 1.93. The fraction of sp³-hybridized carbons (Fsp3) is 1.00. The molecule has 2 atom stereocenters. The van der Waals surface area contributed by atoms with Gasteiger partial charge in [-0.05, 0) is 24.8 Å². The molecule has 0 bridgehead atoms. The van der Waals surface area contributed by atoms with Crippen molar-refractivity contribution in [3.8, 4) is 0 Å². The van der Waals surface area contributed by atoms with Crippen molar-refractivity contribution in [2.24, 2.45) is 11.8 Å². The zero-order valence-corrected chi connectivity index (χ0v) is 12.6. The Morgan fingerprint density at radius 1 is 1.12 bits per heavy atom. The maximum atomic E-state index is 6.09. The summed E-state index contributed by atoms with van der Waals surface area (Å²) in [5.74, 6) is 1.34. The first-order valence-electron chi connectivity index (χ1n) is 7.47. The van der Waals surface area contributed by atoms with Gasteiger partial charge in [-0.2, -0.15) is 0 Å². The highest BCUT2D eigenvalue weighted by atomic mass is 16.5. The van der Waals surface area contributed by atoms with Gasteiger partial charge < -0.3 is 10.1 Å². The summed E-state index contributed by atoms with van der Waals surface area (Å²) in [5, 5.41) is 3.39. The van der Waals surface area contributed by atoms with Crippen LogP contribution in [0.15, 0.2) is 0 Å². The van der Waals surface area contributed by atoms with Crippen LogP contribution in [0.3, 0.4) is 0 Å². The minimum atomic E-state index is 0.366. The van der Waals surface area contributed by atoms with Gasteiger partial charge in [0.05, 0.1) is 6.10 Å². The fourth-order valence-electron chi connectivity index (χ4n) is 1.93. The second-order valence-electron chi connectivity index (χ2n) is 5.34. The maximum absolute atomic E-state index is 6.09. The molecule has 2 heteroatoms. The van der Waals surface area contributed by atoms with Crippen LogP contribution in [0.4, 0.5) is 0 Å². The zero-order valence-electron chi connectivity index (χ0n) is 12.6. The highest BCUT2D eigenvalue weighted by Gasteiger charge is 2.15. The van der Waals surface area contributed by atoms with Crippen LogP contribution in [-0.4, -0.2) is 25.8 Å². The molecule has 0 aromatic rings. The van der Waals surface area contributed by atoms with Gasteiger partial charge in [-0.3, -0.25) is 0 Å². The normalized spacial score (nSPS) is 15.2. The van der Waals surface area contributed by atoms with Crippen LogP contribution in [0.1, 0.15) is 60.3 Å². The first kappa shape index (κ1) is 16.9. The Morgan fingerprint density at radius 2 is 1.82 bits per heavy atom. The second-order valence-corrected chi connectivity index (χ2v) is 5.34. The van der Waals surface area contributed by atoms with Crippen molar-refractivity contribution in [3.63, 3.8) is 0 Å². The lowest BCUT2D eigenvalue weighted by molar-refractivity contribution is 0.000538. The molecule has 0 aromatic carbocycles. The van der Waals surface area contributed by atoms with E-state index in [4.69, 9.17) is 4.74 Å². The van der Waals surface area contributed by atoms with E-state index in [0.29, 0.717) is 12.0 Å². The van der Waals surface area contributed by atoms with Gasteiger partial charge in [-0.1, -0.05) is 53.9 Å². The largest absolute Gasteiger partial charge is 0.376 e. The lowest BCUT2D eigenvalue weighted by atomic mass is 10.00. The molecule has 0 rings (SSSR count). The third-order valence-electron chi connectivity index (χ3n) is 3.43. The van der Waals surface area contributed by atoms with Crippen LogP contribution in [0.2, 0.25) is 0 Å². The zero-order chi connectivity index (χ0) is 13.1. The molecule has 0 saturated carbocycles. The van der Waals surface area contributed by atoms with Crippen molar-refractivity contribution in [1.29, 1.82) is 0 Å². The first-order valence-corrected chi connectivity index (χ1v) is 7.47. The van der Waals surface area contributed by atoms with Crippen molar-refractivity contribution >= 4 is 0 Å². The molecule has 2 unspecified atom stereocenters. The number of hydrogen-bond acceptors (Lipinski definition) is 2. The molecule has 0 aromatic heterocycles. The van der Waals surface area contributed by atoms with Crippen molar-refractivity contribution in [2.75, 3.05) is 19.7 Å². The van der Waals surface area contributed by atoms with E-state index in [1.54, 1.807) is 0 Å². The Kier molecular flexibility index (Phi) is 11.0. The average molecular weight is 243 g/mol. The summed E-state index contributed by atoms with van der Waals surface area (Å²) in [6, 6.07) is 0. The Labute approximate surface area is 109 Å². The Hall–Kier alpha value is -0.0800. The van der Waals surface area contributed by atoms with Gasteiger partial charge in [0.1, 0.15) is 0 Å². The van der Waals surface area contributed by atoms with Crippen LogP contribution >= 0.6 is 0 Å². The van der Waals surface area contributed by atoms with Crippen molar-refractivity contribution < 1.29 is 4.74 Å². The van der Waals surface area contributed by atoms with E-state index < -0.39 is 0 Å². The molecule has 0 amide bonds. The van der Waals surface area contributed by atoms with Crippen LogP contribution < -0.4 is 5.32 Å². The lowest BCUT2D eigenvalue weighted by Crippen LogP contribution is -2.34. The number of ether oxygens (including phenoxy) is 1. The van der Waals surface area contributed by atoms with Gasteiger partial charge in [0, 0.05) is 13.2 Å². The molecule has 104 valence electrons. The standard InChI is InChI=1S/C15H33NO/c1-6-9-10-14(7-2)12-17-15(13(4)5)11-16-8-3/h13-16H,6-12H2,1-5H3. The molecule has 0 spiro atoms. The predicted molar refractivity (Wildman–Crippen MR) is 76.4 cm³/mol. The molecule has 0 heterocycles. The Balaban J connectivity index is 3.90. The smallest absolute Gasteiger partial charge is 0.0722 e. The first-order chi connectivity index (χ1) is 8.15. The number of unbranched alkanes of at least 4 members (excludes halogenated alkanes) is 1. The molecule has 2 nitrogen and oxygen atoms in total. The summed E-state index contributed by atoms with van der Waals surface area (Å²) in [6.07, 6.45) is 5.55. The SMILES string of the molecule is CCCCC(CC)COC(CNCC)C(C)C. The van der Waals surface area contributed by atoms with E-state index >= 15 is 0 Å². The van der Waals surface area contributed by atoms with E-state index in [1.807, 2.05) is 0 Å². The third-order valence-corrected chi connectivity index (χ3v) is 3.43. The highest BCUT2D eigenvalue weighted by molar-refractivity contribution is 4.67. The molecular formula is C15H33NO. The predicted octanol–water partition coefficient (Wildman–Crippen LogP) is 3.85. The monoisotopic (exact) mass is 243 g/mol. The number of hydrogen-bond donors (Lipinski definition) is 1. The topological polar surface area (TPSA) is 21.3 Å². The molecule has 0 saturated heterocycles. The maximum Gasteiger partial charge on any atom is 0.0722 e. The van der Waals surface area contributed by atoms with Crippen LogP contribution in [0, 0.1) is 11.8 Å². The molecule has 0 aliphatic heterocycles. The number of rotatable bonds is 11. The summed E-state index contributed by atoms with van der Waals surface area (Å²) < 4.78 is 6.09. The molecule has 0 radical (unpaired) electrons. The molecule has 0 fully saturated rings. The minimum Gasteiger partial charge on any atom is -0.376 e. The molecule has 0 aliphatic carbocycles. The minimum absolute atomic E-state index is 0.366. The summed E-state index contributed by atoms with van der Waals surface area (Å²) >= 11 is 0. The Morgan fingerprint density at radius 3 is 2.29 bits per heavy atom. The summed E-state index contributed by atoms with van der Waals surface area (Å²) in [6.45, 7) is 14.1. The van der Waals surface area contributed by atoms with E-state index in [9.17, 15) is 0 Å². The Bertz CT molecular complexity index is 159. The van der Waals surface area contributed by atoms with Crippen molar-refractivity contribution in [1.82, 2.24) is 5.32 Å². The van der Waals surface area contributed by atoms with Gasteiger partial charge in [0.2, 0.25) is 0 Å². The van der Waals surface area contributed by atoms with E-state index in [-0.39, 0.29) is 0 Å². The van der Waals surface area contributed by atoms with Crippen LogP contribution in [0.5, 0.6) is 0 Å². The quantitative estimate of drug-likeness (QED) is 0.595. The highest BCUT2D eigenvalue weighted by Crippen LogP contribution is 2.15. The molecular weight excluding hydrogens is 210 g/mol. The van der Waals surface area contributed by atoms with Crippen molar-refractivity contribution in [3.05, 3.63) is 0 Å². The summed E-state index contributed by atoms with van der Waals surface area (Å²) in [4.78, 5) is 0. The van der Waals surface area contributed by atoms with Gasteiger partial charge in [-0.15, -0.1) is 0 Å². The third kappa shape index (κ3) is 8.62. The van der Waals surface area contributed by atoms with Gasteiger partial charge in [0.25, 0.3) is 0 Å². The summed E-state index contributed by atoms with van der Waals surface area (Å²) in [7, 11) is 0. The van der Waals surface area contributed by atoms with Crippen LogP contribution in [-0.2, 0) is 4.74 Å². The molecule has 1 N–H and O–H groups in total. The van der Waals surface area contributed by atoms with E-state index in [2.05, 4.69) is 39.9 Å². The van der Waals surface area contributed by atoms with Gasteiger partial charge in [0.15, 0.2) is 0 Å². The van der Waals surface area contributed by atoms with Gasteiger partial charge >= 0.3 is 0 Å².